The van der Waals surface area contributed by atoms with E-state index in [0.29, 0.717) is 0 Å². The summed E-state index contributed by atoms with van der Waals surface area (Å²) in [6, 6.07) is -1.70. The predicted octanol–water partition coefficient (Wildman–Crippen LogP) is -7.84. The first-order valence-electron chi connectivity index (χ1n) is 10.3. The summed E-state index contributed by atoms with van der Waals surface area (Å²) in [6.07, 6.45) is -13.6. The zero-order valence-electron chi connectivity index (χ0n) is 18.2. The average Bonchev–Trinajstić information content (AvgIpc) is 3.08. The molecule has 0 saturated carbocycles. The van der Waals surface area contributed by atoms with Gasteiger partial charge in [0, 0.05) is 6.54 Å². The summed E-state index contributed by atoms with van der Waals surface area (Å²) in [5.74, 6) is -3.77. The van der Waals surface area contributed by atoms with Crippen molar-refractivity contribution >= 4 is 17.5 Å². The van der Waals surface area contributed by atoms with Gasteiger partial charge in [0.1, 0.15) is 36.6 Å². The maximum atomic E-state index is 13.4. The monoisotopic (exact) mass is 498 g/mol. The molecule has 1 aliphatic rings. The molecule has 1 heterocycles. The minimum atomic E-state index is -3.72. The minimum absolute atomic E-state index is 0.00311. The Kier molecular flexibility index (Phi) is 10.9. The van der Waals surface area contributed by atoms with Crippen LogP contribution in [0.1, 0.15) is 12.8 Å². The highest BCUT2D eigenvalue weighted by molar-refractivity contribution is 6.16. The van der Waals surface area contributed by atoms with Crippen LogP contribution in [0.2, 0.25) is 0 Å². The number of aliphatic hydroxyl groups excluding tert-OH is 8. The summed E-state index contributed by atoms with van der Waals surface area (Å²) in [6.45, 7) is -3.55. The number of ketones is 2. The lowest BCUT2D eigenvalue weighted by molar-refractivity contribution is -0.203. The molecule has 1 aliphatic heterocycles. The molecule has 34 heavy (non-hydrogen) atoms. The number of hydrogen-bond donors (Lipinski definition) is 12. The Bertz CT molecular complexity index is 738. The van der Waals surface area contributed by atoms with E-state index in [1.165, 1.54) is 0 Å². The molecule has 1 fully saturated rings. The average molecular weight is 498 g/mol. The minimum Gasteiger partial charge on any atom is -0.394 e. The third-order valence-electron chi connectivity index (χ3n) is 5.70. The van der Waals surface area contributed by atoms with Crippen LogP contribution in [-0.2, 0) is 14.3 Å². The quantitative estimate of drug-likeness (QED) is 0.0457. The van der Waals surface area contributed by atoms with Crippen molar-refractivity contribution in [3.8, 4) is 0 Å². The molecular weight excluding hydrogens is 464 g/mol. The fourth-order valence-corrected chi connectivity index (χ4v) is 3.64. The lowest BCUT2D eigenvalue weighted by Gasteiger charge is -2.41. The molecule has 0 bridgehead atoms. The molecule has 16 nitrogen and oxygen atoms in total. The summed E-state index contributed by atoms with van der Waals surface area (Å²) in [5, 5.41) is 90.2. The molecule has 1 rings (SSSR count). The van der Waals surface area contributed by atoms with Crippen LogP contribution in [0.5, 0.6) is 0 Å². The van der Waals surface area contributed by atoms with Crippen molar-refractivity contribution in [3.05, 3.63) is 0 Å². The van der Waals surface area contributed by atoms with Crippen molar-refractivity contribution in [2.45, 2.75) is 66.7 Å². The Balaban J connectivity index is 3.45. The van der Waals surface area contributed by atoms with Gasteiger partial charge in [-0.25, -0.2) is 0 Å². The van der Waals surface area contributed by atoms with Crippen LogP contribution in [0.25, 0.3) is 0 Å². The largest absolute Gasteiger partial charge is 0.394 e. The second kappa shape index (κ2) is 12.2. The summed E-state index contributed by atoms with van der Waals surface area (Å²) in [5.41, 5.74) is 9.46. The van der Waals surface area contributed by atoms with Crippen LogP contribution in [0.4, 0.5) is 0 Å². The Labute approximate surface area is 193 Å². The number of guanidine groups is 1. The molecule has 0 amide bonds. The number of rotatable bonds is 14. The number of ether oxygens (including phenoxy) is 1. The highest BCUT2D eigenvalue weighted by Gasteiger charge is 2.67. The fraction of sp³-hybridized carbons (Fsp3) is 0.833. The lowest BCUT2D eigenvalue weighted by atomic mass is 9.72. The number of carbonyl (C=O) groups excluding carboxylic acids is 2. The van der Waals surface area contributed by atoms with Crippen LogP contribution < -0.4 is 17.2 Å². The molecule has 198 valence electrons. The normalized spacial score (nSPS) is 30.1. The molecule has 0 aliphatic carbocycles. The van der Waals surface area contributed by atoms with Crippen LogP contribution >= 0.6 is 0 Å². The predicted molar refractivity (Wildman–Crippen MR) is 112 cm³/mol. The molecule has 0 radical (unpaired) electrons. The van der Waals surface area contributed by atoms with Crippen molar-refractivity contribution in [1.29, 1.82) is 0 Å². The van der Waals surface area contributed by atoms with E-state index in [-0.39, 0.29) is 25.3 Å². The van der Waals surface area contributed by atoms with Crippen molar-refractivity contribution in [3.63, 3.8) is 0 Å². The molecule has 0 aromatic rings. The number of carbonyl (C=O) groups is 2. The van der Waals surface area contributed by atoms with Crippen molar-refractivity contribution in [1.82, 2.24) is 0 Å². The molecule has 1 saturated heterocycles. The second-order valence-corrected chi connectivity index (χ2v) is 8.02. The zero-order chi connectivity index (χ0) is 26.4. The third-order valence-corrected chi connectivity index (χ3v) is 5.70. The van der Waals surface area contributed by atoms with Gasteiger partial charge in [-0.1, -0.05) is 0 Å². The van der Waals surface area contributed by atoms with Gasteiger partial charge in [-0.3, -0.25) is 14.6 Å². The molecule has 9 atom stereocenters. The van der Waals surface area contributed by atoms with Gasteiger partial charge in [0.05, 0.1) is 25.9 Å². The number of aliphatic hydroxyl groups is 9. The molecule has 16 heteroatoms. The van der Waals surface area contributed by atoms with Crippen LogP contribution in [-0.4, -0.2) is 144 Å². The van der Waals surface area contributed by atoms with Gasteiger partial charge < -0.3 is 67.9 Å². The van der Waals surface area contributed by atoms with Gasteiger partial charge in [0.15, 0.2) is 17.3 Å². The summed E-state index contributed by atoms with van der Waals surface area (Å²) >= 11 is 0. The second-order valence-electron chi connectivity index (χ2n) is 8.02. The van der Waals surface area contributed by atoms with E-state index in [0.717, 1.165) is 0 Å². The molecular formula is C18H34N4O12. The summed E-state index contributed by atoms with van der Waals surface area (Å²) < 4.78 is 5.10. The third kappa shape index (κ3) is 5.69. The van der Waals surface area contributed by atoms with Gasteiger partial charge in [0.25, 0.3) is 0 Å². The van der Waals surface area contributed by atoms with Crippen LogP contribution in [0.3, 0.4) is 0 Å². The molecule has 1 unspecified atom stereocenters. The van der Waals surface area contributed by atoms with E-state index in [4.69, 9.17) is 27.0 Å². The maximum absolute atomic E-state index is 13.4. The number of aliphatic imine (C=N–C) groups is 1. The molecule has 0 aromatic carbocycles. The SMILES string of the molecule is NC(N)=NCCC[C@H](N)C(=O)[C@](O)(C(=O)C1(CO)O[C@H](CO)[C@@H](O)[C@@H]1O)[C@@H](O)[C@H](O)[C@H](O)CO. The van der Waals surface area contributed by atoms with Gasteiger partial charge in [-0.2, -0.15) is 0 Å². The molecule has 15 N–H and O–H groups in total. The highest BCUT2D eigenvalue weighted by atomic mass is 16.6. The highest BCUT2D eigenvalue weighted by Crippen LogP contribution is 2.37. The summed E-state index contributed by atoms with van der Waals surface area (Å²) in [7, 11) is 0. The van der Waals surface area contributed by atoms with Crippen molar-refractivity contribution < 1.29 is 60.3 Å². The van der Waals surface area contributed by atoms with E-state index < -0.39 is 85.3 Å². The van der Waals surface area contributed by atoms with Crippen molar-refractivity contribution in [2.24, 2.45) is 22.2 Å². The Morgan fingerprint density at radius 1 is 1.12 bits per heavy atom. The fourth-order valence-electron chi connectivity index (χ4n) is 3.64. The van der Waals surface area contributed by atoms with Crippen LogP contribution in [0.15, 0.2) is 4.99 Å². The van der Waals surface area contributed by atoms with E-state index in [9.17, 15) is 50.4 Å². The lowest BCUT2D eigenvalue weighted by Crippen LogP contribution is -2.72. The topological polar surface area (TPSA) is 316 Å². The van der Waals surface area contributed by atoms with Gasteiger partial charge in [-0.15, -0.1) is 0 Å². The van der Waals surface area contributed by atoms with Gasteiger partial charge >= 0.3 is 0 Å². The first-order valence-corrected chi connectivity index (χ1v) is 10.3. The first-order chi connectivity index (χ1) is 15.8. The smallest absolute Gasteiger partial charge is 0.214 e. The Morgan fingerprint density at radius 3 is 2.15 bits per heavy atom. The first kappa shape index (κ1) is 30.2. The van der Waals surface area contributed by atoms with E-state index in [2.05, 4.69) is 4.99 Å². The van der Waals surface area contributed by atoms with Crippen molar-refractivity contribution in [2.75, 3.05) is 26.4 Å². The number of Topliss-reactive ketones (excluding diaryl/α,β-unsaturated/α-hetero) is 2. The standard InChI is InChI=1S/C18H34N4O12/c19-7(2-1-3-22-16(20)21)12(29)18(33,14(31)10(27)8(26)4-23)15(32)17(6-25)13(30)11(28)9(5-24)34-17/h7-11,13-14,23-28,30-31,33H,1-6,19H2,(H4,20,21,22)/t7-,8+,9+,10+,11+,13-,14-,17?,18+/m0/s1. The van der Waals surface area contributed by atoms with E-state index in [1.54, 1.807) is 0 Å². The number of nitrogens with two attached hydrogens (primary N) is 3. The molecule has 0 aromatic heterocycles. The zero-order valence-corrected chi connectivity index (χ0v) is 18.2. The van der Waals surface area contributed by atoms with Crippen LogP contribution in [0, 0.1) is 0 Å². The Hall–Kier alpha value is -1.83. The number of nitrogens with zero attached hydrogens (tertiary/aromatic N) is 1. The van der Waals surface area contributed by atoms with Gasteiger partial charge in [0.2, 0.25) is 11.4 Å². The van der Waals surface area contributed by atoms with E-state index >= 15 is 0 Å². The maximum Gasteiger partial charge on any atom is 0.214 e. The van der Waals surface area contributed by atoms with E-state index in [1.807, 2.05) is 0 Å². The Morgan fingerprint density at radius 2 is 1.71 bits per heavy atom. The number of hydrogen-bond acceptors (Lipinski definition) is 14. The molecule has 0 spiro atoms. The summed E-state index contributed by atoms with van der Waals surface area (Å²) in [4.78, 5) is 30.2. The van der Waals surface area contributed by atoms with Gasteiger partial charge in [-0.05, 0) is 12.8 Å².